The number of nitrogens with zero attached hydrogens (tertiary/aromatic N) is 3. The van der Waals surface area contributed by atoms with Crippen LogP contribution in [0.5, 0.6) is 5.75 Å². The largest absolute Gasteiger partial charge is 0.496 e. The zero-order valence-corrected chi connectivity index (χ0v) is 14.8. The van der Waals surface area contributed by atoms with Gasteiger partial charge in [-0.25, -0.2) is 8.42 Å². The molecule has 24 heavy (non-hydrogen) atoms. The lowest BCUT2D eigenvalue weighted by molar-refractivity contribution is 0.288. The van der Waals surface area contributed by atoms with Gasteiger partial charge in [-0.2, -0.15) is 9.29 Å². The minimum Gasteiger partial charge on any atom is -0.496 e. The number of piperidine rings is 1. The Kier molecular flexibility index (Phi) is 4.60. The summed E-state index contributed by atoms with van der Waals surface area (Å²) in [6.07, 6.45) is 1.76. The number of rotatable bonds is 4. The Balaban J connectivity index is 1.99. The molecule has 8 heteroatoms. The maximum absolute atomic E-state index is 12.9. The van der Waals surface area contributed by atoms with Gasteiger partial charge in [0, 0.05) is 20.0 Å². The van der Waals surface area contributed by atoms with Crippen LogP contribution >= 0.6 is 0 Å². The molecule has 1 aromatic heterocycles. The van der Waals surface area contributed by atoms with Crippen LogP contribution in [0.3, 0.4) is 0 Å². The summed E-state index contributed by atoms with van der Waals surface area (Å²) in [6, 6.07) is 4.74. The fraction of sp³-hybridized carbons (Fsp3) is 0.500. The number of aryl methyl sites for hydroxylation is 1. The van der Waals surface area contributed by atoms with Crippen LogP contribution in [0.25, 0.3) is 11.4 Å². The quantitative estimate of drug-likeness (QED) is 0.841. The summed E-state index contributed by atoms with van der Waals surface area (Å²) in [6.45, 7) is 4.92. The Morgan fingerprint density at radius 3 is 2.58 bits per heavy atom. The Morgan fingerprint density at radius 2 is 2.00 bits per heavy atom. The third-order valence-corrected chi connectivity index (χ3v) is 6.21. The van der Waals surface area contributed by atoms with Crippen molar-refractivity contribution in [2.24, 2.45) is 5.92 Å². The molecule has 0 atom stereocenters. The van der Waals surface area contributed by atoms with Gasteiger partial charge in [-0.1, -0.05) is 12.1 Å². The normalized spacial score (nSPS) is 17.1. The van der Waals surface area contributed by atoms with E-state index in [2.05, 4.69) is 17.1 Å². The Hall–Kier alpha value is -1.93. The van der Waals surface area contributed by atoms with Gasteiger partial charge >= 0.3 is 0 Å². The second kappa shape index (κ2) is 6.52. The van der Waals surface area contributed by atoms with Crippen LogP contribution in [0.2, 0.25) is 0 Å². The highest BCUT2D eigenvalue weighted by atomic mass is 32.2. The molecule has 0 N–H and O–H groups in total. The van der Waals surface area contributed by atoms with Gasteiger partial charge in [0.05, 0.1) is 17.6 Å². The maximum atomic E-state index is 12.9. The number of aromatic nitrogens is 2. The molecular formula is C16H21N3O4S. The van der Waals surface area contributed by atoms with Crippen molar-refractivity contribution in [1.82, 2.24) is 14.4 Å². The van der Waals surface area contributed by atoms with Crippen LogP contribution in [0.4, 0.5) is 0 Å². The molecule has 130 valence electrons. The maximum Gasteiger partial charge on any atom is 0.243 e. The van der Waals surface area contributed by atoms with E-state index in [1.54, 1.807) is 29.4 Å². The van der Waals surface area contributed by atoms with Gasteiger partial charge in [-0.05, 0) is 37.0 Å². The van der Waals surface area contributed by atoms with E-state index in [0.29, 0.717) is 42.0 Å². The molecule has 0 radical (unpaired) electrons. The number of hydrogen-bond donors (Lipinski definition) is 0. The fourth-order valence-electron chi connectivity index (χ4n) is 2.81. The first-order valence-electron chi connectivity index (χ1n) is 7.90. The summed E-state index contributed by atoms with van der Waals surface area (Å²) < 4.78 is 37.6. The predicted molar refractivity (Wildman–Crippen MR) is 88.2 cm³/mol. The summed E-state index contributed by atoms with van der Waals surface area (Å²) in [5, 5.41) is 3.87. The van der Waals surface area contributed by atoms with Crippen molar-refractivity contribution in [2.45, 2.75) is 31.6 Å². The molecule has 0 bridgehead atoms. The third kappa shape index (κ3) is 3.16. The van der Waals surface area contributed by atoms with Gasteiger partial charge in [0.2, 0.25) is 21.7 Å². The van der Waals surface area contributed by atoms with E-state index in [4.69, 9.17) is 9.26 Å². The summed E-state index contributed by atoms with van der Waals surface area (Å²) >= 11 is 0. The average Bonchev–Trinajstić information content (AvgIpc) is 3.01. The third-order valence-electron chi connectivity index (χ3n) is 4.32. The van der Waals surface area contributed by atoms with E-state index >= 15 is 0 Å². The number of methoxy groups -OCH3 is 1. The summed E-state index contributed by atoms with van der Waals surface area (Å²) in [7, 11) is -2.02. The SMILES string of the molecule is COc1ccc(S(=O)(=O)N2CCC(C)CC2)cc1-c1noc(C)n1. The van der Waals surface area contributed by atoms with Crippen molar-refractivity contribution < 1.29 is 17.7 Å². The molecule has 2 heterocycles. The molecule has 1 aliphatic heterocycles. The number of sulfonamides is 1. The highest BCUT2D eigenvalue weighted by molar-refractivity contribution is 7.89. The smallest absolute Gasteiger partial charge is 0.243 e. The van der Waals surface area contributed by atoms with Crippen molar-refractivity contribution in [3.05, 3.63) is 24.1 Å². The molecule has 1 aliphatic rings. The molecule has 1 aromatic carbocycles. The molecule has 1 saturated heterocycles. The molecule has 2 aromatic rings. The fourth-order valence-corrected chi connectivity index (χ4v) is 4.30. The second-order valence-electron chi connectivity index (χ2n) is 6.09. The summed E-state index contributed by atoms with van der Waals surface area (Å²) in [5.41, 5.74) is 0.501. The molecule has 1 fully saturated rings. The molecule has 7 nitrogen and oxygen atoms in total. The molecule has 0 spiro atoms. The van der Waals surface area contributed by atoms with Crippen LogP contribution in [-0.4, -0.2) is 43.1 Å². The van der Waals surface area contributed by atoms with Crippen LogP contribution in [0.15, 0.2) is 27.6 Å². The van der Waals surface area contributed by atoms with E-state index in [1.807, 2.05) is 0 Å². The van der Waals surface area contributed by atoms with Gasteiger partial charge in [0.15, 0.2) is 0 Å². The van der Waals surface area contributed by atoms with Gasteiger partial charge in [0.25, 0.3) is 0 Å². The van der Waals surface area contributed by atoms with E-state index in [9.17, 15) is 8.42 Å². The number of hydrogen-bond acceptors (Lipinski definition) is 6. The zero-order chi connectivity index (χ0) is 17.3. The highest BCUT2D eigenvalue weighted by Gasteiger charge is 2.29. The minimum absolute atomic E-state index is 0.218. The van der Waals surface area contributed by atoms with Crippen molar-refractivity contribution in [3.8, 4) is 17.1 Å². The van der Waals surface area contributed by atoms with Crippen molar-refractivity contribution in [2.75, 3.05) is 20.2 Å². The van der Waals surface area contributed by atoms with Crippen LogP contribution in [-0.2, 0) is 10.0 Å². The number of benzene rings is 1. The first-order valence-corrected chi connectivity index (χ1v) is 9.34. The summed E-state index contributed by atoms with van der Waals surface area (Å²) in [5.74, 6) is 1.78. The Morgan fingerprint density at radius 1 is 1.29 bits per heavy atom. The lowest BCUT2D eigenvalue weighted by atomic mass is 10.0. The lowest BCUT2D eigenvalue weighted by Gasteiger charge is -2.29. The van der Waals surface area contributed by atoms with Gasteiger partial charge in [-0.15, -0.1) is 0 Å². The first kappa shape index (κ1) is 16.9. The van der Waals surface area contributed by atoms with E-state index in [1.165, 1.54) is 7.11 Å². The molecule has 0 saturated carbocycles. The van der Waals surface area contributed by atoms with E-state index in [-0.39, 0.29) is 4.90 Å². The van der Waals surface area contributed by atoms with Crippen LogP contribution in [0.1, 0.15) is 25.7 Å². The van der Waals surface area contributed by atoms with E-state index in [0.717, 1.165) is 12.8 Å². The molecule has 3 rings (SSSR count). The van der Waals surface area contributed by atoms with E-state index < -0.39 is 10.0 Å². The minimum atomic E-state index is -3.54. The molecular weight excluding hydrogens is 330 g/mol. The monoisotopic (exact) mass is 351 g/mol. The van der Waals surface area contributed by atoms with Gasteiger partial charge in [-0.3, -0.25) is 0 Å². The second-order valence-corrected chi connectivity index (χ2v) is 8.02. The Bertz CT molecular complexity index is 824. The lowest BCUT2D eigenvalue weighted by Crippen LogP contribution is -2.37. The highest BCUT2D eigenvalue weighted by Crippen LogP contribution is 2.32. The standard InChI is InChI=1S/C16H21N3O4S/c1-11-6-8-19(9-7-11)24(20,21)13-4-5-15(22-3)14(10-13)16-17-12(2)23-18-16/h4-5,10-11H,6-9H2,1-3H3. The van der Waals surface area contributed by atoms with Crippen LogP contribution in [0, 0.1) is 12.8 Å². The van der Waals surface area contributed by atoms with Gasteiger partial charge in [0.1, 0.15) is 5.75 Å². The molecule has 0 amide bonds. The Labute approximate surface area is 141 Å². The van der Waals surface area contributed by atoms with Gasteiger partial charge < -0.3 is 9.26 Å². The molecule has 0 unspecified atom stereocenters. The summed E-state index contributed by atoms with van der Waals surface area (Å²) in [4.78, 5) is 4.39. The molecule has 0 aliphatic carbocycles. The van der Waals surface area contributed by atoms with Crippen molar-refractivity contribution in [1.29, 1.82) is 0 Å². The number of ether oxygens (including phenoxy) is 1. The van der Waals surface area contributed by atoms with Crippen molar-refractivity contribution >= 4 is 10.0 Å². The van der Waals surface area contributed by atoms with Crippen LogP contribution < -0.4 is 4.74 Å². The average molecular weight is 351 g/mol. The predicted octanol–water partition coefficient (Wildman–Crippen LogP) is 2.47. The van der Waals surface area contributed by atoms with Crippen molar-refractivity contribution in [3.63, 3.8) is 0 Å². The zero-order valence-electron chi connectivity index (χ0n) is 14.0. The topological polar surface area (TPSA) is 85.5 Å². The first-order chi connectivity index (χ1) is 11.4.